The number of carbonyl (C=O) groups excluding carboxylic acids is 2. The Bertz CT molecular complexity index is 307. The second-order valence-corrected chi connectivity index (χ2v) is 5.16. The molecule has 1 aliphatic rings. The molecule has 110 valence electrons. The van der Waals surface area contributed by atoms with Gasteiger partial charge in [0.1, 0.15) is 6.04 Å². The zero-order valence-electron chi connectivity index (χ0n) is 12.1. The molecule has 1 heterocycles. The van der Waals surface area contributed by atoms with E-state index in [0.717, 1.165) is 32.1 Å². The van der Waals surface area contributed by atoms with Gasteiger partial charge in [-0.3, -0.25) is 4.79 Å². The Kier molecular flexibility index (Phi) is 6.84. The molecule has 0 aromatic heterocycles. The molecule has 1 rings (SSSR count). The van der Waals surface area contributed by atoms with Gasteiger partial charge in [-0.2, -0.15) is 0 Å². The summed E-state index contributed by atoms with van der Waals surface area (Å²) in [5, 5.41) is 0. The first kappa shape index (κ1) is 16.0. The van der Waals surface area contributed by atoms with Crippen molar-refractivity contribution in [2.75, 3.05) is 20.2 Å². The predicted molar refractivity (Wildman–Crippen MR) is 73.4 cm³/mol. The van der Waals surface area contributed by atoms with Gasteiger partial charge in [0.05, 0.1) is 7.11 Å². The second-order valence-electron chi connectivity index (χ2n) is 5.16. The number of amides is 1. The Morgan fingerprint density at radius 2 is 2.16 bits per heavy atom. The van der Waals surface area contributed by atoms with Crippen molar-refractivity contribution in [3.05, 3.63) is 0 Å². The Labute approximate surface area is 115 Å². The van der Waals surface area contributed by atoms with Crippen molar-refractivity contribution in [2.24, 2.45) is 11.7 Å². The number of hydrogen-bond acceptors (Lipinski definition) is 4. The van der Waals surface area contributed by atoms with E-state index in [1.54, 1.807) is 4.90 Å². The van der Waals surface area contributed by atoms with Crippen LogP contribution in [0.2, 0.25) is 0 Å². The van der Waals surface area contributed by atoms with E-state index in [9.17, 15) is 9.59 Å². The number of likely N-dealkylation sites (tertiary alicyclic amines) is 1. The fraction of sp³-hybridized carbons (Fsp3) is 0.857. The van der Waals surface area contributed by atoms with Crippen LogP contribution < -0.4 is 5.73 Å². The molecule has 1 amide bonds. The molecule has 2 N–H and O–H groups in total. The first-order valence-electron chi connectivity index (χ1n) is 7.21. The van der Waals surface area contributed by atoms with Crippen LogP contribution in [0.1, 0.15) is 45.4 Å². The van der Waals surface area contributed by atoms with Gasteiger partial charge in [-0.05, 0) is 38.1 Å². The molecule has 0 bridgehead atoms. The average Bonchev–Trinajstić information content (AvgIpc) is 2.91. The molecule has 2 unspecified atom stereocenters. The van der Waals surface area contributed by atoms with Crippen molar-refractivity contribution in [3.63, 3.8) is 0 Å². The molecule has 0 saturated carbocycles. The van der Waals surface area contributed by atoms with E-state index in [1.807, 2.05) is 0 Å². The molecule has 0 spiro atoms. The Morgan fingerprint density at radius 3 is 2.74 bits per heavy atom. The highest BCUT2D eigenvalue weighted by Gasteiger charge is 2.34. The van der Waals surface area contributed by atoms with Gasteiger partial charge in [-0.15, -0.1) is 0 Å². The summed E-state index contributed by atoms with van der Waals surface area (Å²) < 4.78 is 4.75. The van der Waals surface area contributed by atoms with Gasteiger partial charge < -0.3 is 15.4 Å². The van der Waals surface area contributed by atoms with E-state index in [-0.39, 0.29) is 17.9 Å². The van der Waals surface area contributed by atoms with Crippen LogP contribution in [0, 0.1) is 5.92 Å². The molecule has 0 aliphatic carbocycles. The molecule has 19 heavy (non-hydrogen) atoms. The second kappa shape index (κ2) is 8.15. The van der Waals surface area contributed by atoms with Crippen LogP contribution in [0.15, 0.2) is 0 Å². The highest BCUT2D eigenvalue weighted by atomic mass is 16.5. The van der Waals surface area contributed by atoms with Crippen LogP contribution in [0.25, 0.3) is 0 Å². The minimum absolute atomic E-state index is 0.0726. The van der Waals surface area contributed by atoms with E-state index in [1.165, 1.54) is 7.11 Å². The first-order valence-corrected chi connectivity index (χ1v) is 7.21. The van der Waals surface area contributed by atoms with Crippen LogP contribution in [-0.4, -0.2) is 43.0 Å². The quantitative estimate of drug-likeness (QED) is 0.708. The van der Waals surface area contributed by atoms with Crippen molar-refractivity contribution in [1.82, 2.24) is 4.90 Å². The lowest BCUT2D eigenvalue weighted by Gasteiger charge is -2.23. The molecule has 1 fully saturated rings. The summed E-state index contributed by atoms with van der Waals surface area (Å²) in [5.41, 5.74) is 5.56. The molecule has 1 aliphatic heterocycles. The number of nitrogens with two attached hydrogens (primary N) is 1. The highest BCUT2D eigenvalue weighted by Crippen LogP contribution is 2.22. The smallest absolute Gasteiger partial charge is 0.328 e. The van der Waals surface area contributed by atoms with Gasteiger partial charge in [-0.25, -0.2) is 4.79 Å². The van der Waals surface area contributed by atoms with Crippen molar-refractivity contribution >= 4 is 11.9 Å². The zero-order valence-corrected chi connectivity index (χ0v) is 12.1. The number of hydrogen-bond donors (Lipinski definition) is 1. The molecule has 1 saturated heterocycles. The van der Waals surface area contributed by atoms with Crippen LogP contribution in [0.5, 0.6) is 0 Å². The number of ether oxygens (including phenoxy) is 1. The summed E-state index contributed by atoms with van der Waals surface area (Å²) in [6, 6.07) is -0.368. The first-order chi connectivity index (χ1) is 9.13. The summed E-state index contributed by atoms with van der Waals surface area (Å²) in [7, 11) is 1.37. The maximum Gasteiger partial charge on any atom is 0.328 e. The molecular weight excluding hydrogens is 244 g/mol. The van der Waals surface area contributed by atoms with Crippen LogP contribution >= 0.6 is 0 Å². The van der Waals surface area contributed by atoms with Gasteiger partial charge in [0.15, 0.2) is 0 Å². The largest absolute Gasteiger partial charge is 0.467 e. The molecule has 5 nitrogen and oxygen atoms in total. The summed E-state index contributed by atoms with van der Waals surface area (Å²) in [6.45, 7) is 3.46. The summed E-state index contributed by atoms with van der Waals surface area (Å²) >= 11 is 0. The number of esters is 1. The number of carbonyl (C=O) groups is 2. The lowest BCUT2D eigenvalue weighted by molar-refractivity contribution is -0.151. The third-order valence-corrected chi connectivity index (χ3v) is 3.97. The van der Waals surface area contributed by atoms with Gasteiger partial charge in [0.25, 0.3) is 0 Å². The minimum atomic E-state index is -0.368. The third kappa shape index (κ3) is 4.49. The summed E-state index contributed by atoms with van der Waals surface area (Å²) in [5.74, 6) is 0.288. The highest BCUT2D eigenvalue weighted by molar-refractivity contribution is 5.85. The van der Waals surface area contributed by atoms with Crippen molar-refractivity contribution in [3.8, 4) is 0 Å². The SMILES string of the molecule is CCC(CCN)CCC(=O)N1CCCC1C(=O)OC. The lowest BCUT2D eigenvalue weighted by atomic mass is 9.96. The minimum Gasteiger partial charge on any atom is -0.467 e. The van der Waals surface area contributed by atoms with Crippen LogP contribution in [0.4, 0.5) is 0 Å². The fourth-order valence-electron chi connectivity index (χ4n) is 2.71. The van der Waals surface area contributed by atoms with Crippen LogP contribution in [0.3, 0.4) is 0 Å². The molecule has 0 aromatic rings. The lowest BCUT2D eigenvalue weighted by Crippen LogP contribution is -2.41. The molecular formula is C14H26N2O3. The standard InChI is InChI=1S/C14H26N2O3/c1-3-11(8-9-15)6-7-13(17)16-10-4-5-12(16)14(18)19-2/h11-12H,3-10,15H2,1-2H3. The van der Waals surface area contributed by atoms with Crippen molar-refractivity contribution < 1.29 is 14.3 Å². The van der Waals surface area contributed by atoms with E-state index >= 15 is 0 Å². The molecule has 0 radical (unpaired) electrons. The number of nitrogens with zero attached hydrogens (tertiary/aromatic N) is 1. The van der Waals surface area contributed by atoms with Crippen LogP contribution in [-0.2, 0) is 14.3 Å². The Balaban J connectivity index is 2.46. The van der Waals surface area contributed by atoms with Crippen molar-refractivity contribution in [2.45, 2.75) is 51.5 Å². The number of rotatable bonds is 7. The average molecular weight is 270 g/mol. The topological polar surface area (TPSA) is 72.6 Å². The van der Waals surface area contributed by atoms with Gasteiger partial charge in [-0.1, -0.05) is 13.3 Å². The molecule has 2 atom stereocenters. The Hall–Kier alpha value is -1.10. The molecule has 5 heteroatoms. The number of methoxy groups -OCH3 is 1. The van der Waals surface area contributed by atoms with E-state index in [4.69, 9.17) is 10.5 Å². The van der Waals surface area contributed by atoms with E-state index < -0.39 is 0 Å². The van der Waals surface area contributed by atoms with Gasteiger partial charge in [0, 0.05) is 13.0 Å². The molecule has 0 aromatic carbocycles. The predicted octanol–water partition coefficient (Wildman–Crippen LogP) is 1.31. The maximum absolute atomic E-state index is 12.2. The van der Waals surface area contributed by atoms with Gasteiger partial charge in [0.2, 0.25) is 5.91 Å². The summed E-state index contributed by atoms with van der Waals surface area (Å²) in [4.78, 5) is 25.5. The van der Waals surface area contributed by atoms with Gasteiger partial charge >= 0.3 is 5.97 Å². The fourth-order valence-corrected chi connectivity index (χ4v) is 2.71. The normalized spacial score (nSPS) is 20.4. The zero-order chi connectivity index (χ0) is 14.3. The van der Waals surface area contributed by atoms with Crippen molar-refractivity contribution in [1.29, 1.82) is 0 Å². The van der Waals surface area contributed by atoms with E-state index in [2.05, 4.69) is 6.92 Å². The maximum atomic E-state index is 12.2. The monoisotopic (exact) mass is 270 g/mol. The summed E-state index contributed by atoms with van der Waals surface area (Å²) in [6.07, 6.45) is 4.97. The van der Waals surface area contributed by atoms with E-state index in [0.29, 0.717) is 25.4 Å². The third-order valence-electron chi connectivity index (χ3n) is 3.97. The Morgan fingerprint density at radius 1 is 1.42 bits per heavy atom.